The van der Waals surface area contributed by atoms with Crippen LogP contribution >= 0.6 is 0 Å². The van der Waals surface area contributed by atoms with E-state index in [0.29, 0.717) is 0 Å². The predicted molar refractivity (Wildman–Crippen MR) is 49.3 cm³/mol. The van der Waals surface area contributed by atoms with Crippen LogP contribution in [0, 0.1) is 33.1 Å². The topological polar surface area (TPSA) is 143 Å². The summed E-state index contributed by atoms with van der Waals surface area (Å²) in [5, 5.41) is 46.2. The number of hydroxylamine groups is 2. The van der Waals surface area contributed by atoms with Gasteiger partial charge in [-0.1, -0.05) is 0 Å². The highest BCUT2D eigenvalue weighted by atomic mass is 16.7. The number of hydrogen-bond donors (Lipinski definition) is 0. The lowest BCUT2D eigenvalue weighted by molar-refractivity contribution is -0.844. The summed E-state index contributed by atoms with van der Waals surface area (Å²) in [6.45, 7) is 0. The first kappa shape index (κ1) is 14.4. The highest BCUT2D eigenvalue weighted by molar-refractivity contribution is 4.88. The molecule has 92 valence electrons. The normalized spacial score (nSPS) is 12.5. The van der Waals surface area contributed by atoms with Gasteiger partial charge in [-0.3, -0.25) is 0 Å². The van der Waals surface area contributed by atoms with Crippen LogP contribution in [0.25, 0.3) is 0 Å². The third kappa shape index (κ3) is 3.17. The number of hydrogen-bond acceptors (Lipinski definition) is 8. The lowest BCUT2D eigenvalue weighted by atomic mass is 10.1. The molecule has 0 radical (unpaired) electrons. The minimum atomic E-state index is -2.13. The Morgan fingerprint density at radius 2 is 1.41 bits per heavy atom. The maximum absolute atomic E-state index is 11.5. The zero-order valence-corrected chi connectivity index (χ0v) is 9.23. The van der Waals surface area contributed by atoms with Crippen LogP contribution in [-0.4, -0.2) is 29.6 Å². The third-order valence-corrected chi connectivity index (χ3v) is 1.75. The average molecular weight is 242 g/mol. The monoisotopic (exact) mass is 242 g/mol. The van der Waals surface area contributed by atoms with E-state index in [4.69, 9.17) is 10.5 Å². The zero-order chi connectivity index (χ0) is 13.3. The van der Waals surface area contributed by atoms with E-state index in [2.05, 4.69) is 20.2 Å². The molecule has 10 nitrogen and oxygen atoms in total. The zero-order valence-electron chi connectivity index (χ0n) is 9.23. The Labute approximate surface area is 96.7 Å². The molecule has 0 fully saturated rings. The SMILES string of the molecule is CON=[N+]([O-])C(CC#N)(CC#N)[N+]([O-])=NOC. The van der Waals surface area contributed by atoms with Crippen molar-refractivity contribution in [2.24, 2.45) is 10.6 Å². The van der Waals surface area contributed by atoms with E-state index in [1.165, 1.54) is 0 Å². The van der Waals surface area contributed by atoms with Gasteiger partial charge in [-0.15, -0.1) is 0 Å². The summed E-state index contributed by atoms with van der Waals surface area (Å²) in [5.41, 5.74) is -2.13. The predicted octanol–water partition coefficient (Wildman–Crippen LogP) is 0.558. The molecule has 0 aliphatic heterocycles. The summed E-state index contributed by atoms with van der Waals surface area (Å²) in [7, 11) is 2.16. The van der Waals surface area contributed by atoms with Crippen molar-refractivity contribution in [3.05, 3.63) is 10.4 Å². The van der Waals surface area contributed by atoms with Crippen molar-refractivity contribution in [3.63, 3.8) is 0 Å². The molecular formula is C7H10N6O4. The molecule has 0 N–H and O–H groups in total. The van der Waals surface area contributed by atoms with E-state index in [1.807, 2.05) is 0 Å². The Kier molecular flexibility index (Phi) is 5.74. The number of nitrogens with zero attached hydrogens (tertiary/aromatic N) is 6. The summed E-state index contributed by atoms with van der Waals surface area (Å²) >= 11 is 0. The van der Waals surface area contributed by atoms with E-state index in [1.54, 1.807) is 12.1 Å². The van der Waals surface area contributed by atoms with E-state index >= 15 is 0 Å². The van der Waals surface area contributed by atoms with Crippen LogP contribution in [0.2, 0.25) is 0 Å². The Balaban J connectivity index is 5.60. The van der Waals surface area contributed by atoms with Crippen molar-refractivity contribution in [1.82, 2.24) is 0 Å². The molecule has 0 aromatic heterocycles. The summed E-state index contributed by atoms with van der Waals surface area (Å²) in [6.07, 6.45) is -1.21. The second-order valence-corrected chi connectivity index (χ2v) is 2.73. The van der Waals surface area contributed by atoms with Gasteiger partial charge in [-0.05, 0) is 0 Å². The minimum absolute atomic E-state index is 0.186. The summed E-state index contributed by atoms with van der Waals surface area (Å²) in [5.74, 6) is 0. The van der Waals surface area contributed by atoms with Gasteiger partial charge in [0.1, 0.15) is 14.2 Å². The smallest absolute Gasteiger partial charge is 0.450 e. The third-order valence-electron chi connectivity index (χ3n) is 1.75. The van der Waals surface area contributed by atoms with Crippen molar-refractivity contribution in [2.45, 2.75) is 18.5 Å². The van der Waals surface area contributed by atoms with E-state index in [-0.39, 0.29) is 9.72 Å². The lowest BCUT2D eigenvalue weighted by Crippen LogP contribution is -2.46. The second kappa shape index (κ2) is 6.79. The highest BCUT2D eigenvalue weighted by Gasteiger charge is 2.53. The molecule has 0 aliphatic carbocycles. The van der Waals surface area contributed by atoms with Crippen molar-refractivity contribution < 1.29 is 19.4 Å². The van der Waals surface area contributed by atoms with Gasteiger partial charge in [-0.2, -0.15) is 10.5 Å². The van der Waals surface area contributed by atoms with Gasteiger partial charge in [-0.25, -0.2) is 0 Å². The molecule has 0 aromatic carbocycles. The van der Waals surface area contributed by atoms with Crippen LogP contribution in [0.1, 0.15) is 12.8 Å². The number of rotatable bonds is 6. The maximum atomic E-state index is 11.5. The van der Waals surface area contributed by atoms with E-state index < -0.39 is 18.5 Å². The Morgan fingerprint density at radius 3 is 1.65 bits per heavy atom. The molecule has 0 rings (SSSR count). The summed E-state index contributed by atoms with van der Waals surface area (Å²) in [4.78, 5) is 8.03. The van der Waals surface area contributed by atoms with E-state index in [0.717, 1.165) is 14.2 Å². The molecule has 0 aliphatic rings. The fraction of sp³-hybridized carbons (Fsp3) is 0.714. The average Bonchev–Trinajstić information content (AvgIpc) is 2.29. The lowest BCUT2D eigenvalue weighted by Gasteiger charge is -2.18. The van der Waals surface area contributed by atoms with Crippen LogP contribution < -0.4 is 0 Å². The Morgan fingerprint density at radius 1 is 1.06 bits per heavy atom. The van der Waals surface area contributed by atoms with Gasteiger partial charge in [0.15, 0.2) is 12.8 Å². The van der Waals surface area contributed by atoms with Gasteiger partial charge in [0.2, 0.25) is 10.6 Å². The van der Waals surface area contributed by atoms with Gasteiger partial charge >= 0.3 is 5.66 Å². The molecule has 0 spiro atoms. The molecule has 0 saturated heterocycles. The molecular weight excluding hydrogens is 232 g/mol. The fourth-order valence-electron chi connectivity index (χ4n) is 0.960. The van der Waals surface area contributed by atoms with Crippen molar-refractivity contribution in [2.75, 3.05) is 14.2 Å². The molecule has 0 atom stereocenters. The summed E-state index contributed by atoms with van der Waals surface area (Å²) in [6, 6.07) is 3.21. The van der Waals surface area contributed by atoms with Crippen LogP contribution in [0.15, 0.2) is 10.6 Å². The van der Waals surface area contributed by atoms with Crippen molar-refractivity contribution >= 4 is 0 Å². The molecule has 0 heterocycles. The van der Waals surface area contributed by atoms with Crippen molar-refractivity contribution in [3.8, 4) is 12.1 Å². The molecule has 0 amide bonds. The van der Waals surface area contributed by atoms with Crippen LogP contribution in [0.4, 0.5) is 0 Å². The molecule has 0 saturated carbocycles. The number of nitriles is 2. The first-order chi connectivity index (χ1) is 8.08. The highest BCUT2D eigenvalue weighted by Crippen LogP contribution is 2.21. The van der Waals surface area contributed by atoms with Gasteiger partial charge < -0.3 is 20.1 Å². The molecule has 0 aromatic rings. The first-order valence-electron chi connectivity index (χ1n) is 4.26. The van der Waals surface area contributed by atoms with Crippen LogP contribution in [-0.2, 0) is 9.68 Å². The molecule has 17 heavy (non-hydrogen) atoms. The largest absolute Gasteiger partial charge is 0.592 e. The minimum Gasteiger partial charge on any atom is -0.592 e. The fourth-order valence-corrected chi connectivity index (χ4v) is 0.960. The first-order valence-corrected chi connectivity index (χ1v) is 4.26. The van der Waals surface area contributed by atoms with E-state index in [9.17, 15) is 10.4 Å². The quantitative estimate of drug-likeness (QED) is 0.288. The summed E-state index contributed by atoms with van der Waals surface area (Å²) < 4.78 is 0. The van der Waals surface area contributed by atoms with Gasteiger partial charge in [0.25, 0.3) is 0 Å². The van der Waals surface area contributed by atoms with Crippen LogP contribution in [0.3, 0.4) is 0 Å². The Hall–Kier alpha value is -2.62. The second-order valence-electron chi connectivity index (χ2n) is 2.73. The molecule has 10 heteroatoms. The molecule has 0 unspecified atom stereocenters. The molecule has 0 bridgehead atoms. The Bertz CT molecular complexity index is 354. The van der Waals surface area contributed by atoms with Gasteiger partial charge in [0.05, 0.1) is 12.1 Å². The van der Waals surface area contributed by atoms with Gasteiger partial charge in [0, 0.05) is 9.72 Å². The standard InChI is InChI=1S/C7H10N6O4/c1-16-10-12(14)7(3-5-8,4-6-9)13(15)11-17-2/h3-4H2,1-2H3. The van der Waals surface area contributed by atoms with Crippen molar-refractivity contribution in [1.29, 1.82) is 10.5 Å². The maximum Gasteiger partial charge on any atom is 0.450 e. The van der Waals surface area contributed by atoms with Crippen LogP contribution in [0.5, 0.6) is 0 Å².